The standard InChI is InChI=1S/C21H25N3O3S/c1-23(2)19-10-8-17(9-11-19)15-24(16-20-6-4-12-27-20)28(25,26)21-7-3-5-18(13-21)14-22/h3,5,7-11,13,20H,4,6,12,15-16H2,1-2H3/t20-/m1/s1. The van der Waals surface area contributed by atoms with Gasteiger partial charge in [0.25, 0.3) is 0 Å². The molecule has 3 rings (SSSR count). The molecule has 0 aromatic heterocycles. The lowest BCUT2D eigenvalue weighted by atomic mass is 10.2. The summed E-state index contributed by atoms with van der Waals surface area (Å²) in [6.45, 7) is 1.22. The number of nitrogens with zero attached hydrogens (tertiary/aromatic N) is 3. The second kappa shape index (κ2) is 8.74. The number of sulfonamides is 1. The number of hydrogen-bond acceptors (Lipinski definition) is 5. The number of rotatable bonds is 7. The fourth-order valence-corrected chi connectivity index (χ4v) is 4.75. The molecule has 1 atom stereocenters. The van der Waals surface area contributed by atoms with Gasteiger partial charge in [-0.05, 0) is 48.7 Å². The molecule has 0 amide bonds. The molecule has 1 aliphatic heterocycles. The smallest absolute Gasteiger partial charge is 0.243 e. The lowest BCUT2D eigenvalue weighted by molar-refractivity contribution is 0.0926. The van der Waals surface area contributed by atoms with E-state index in [-0.39, 0.29) is 17.5 Å². The Kier molecular flexibility index (Phi) is 6.35. The molecule has 1 saturated heterocycles. The van der Waals surface area contributed by atoms with Crippen LogP contribution >= 0.6 is 0 Å². The first-order valence-electron chi connectivity index (χ1n) is 9.28. The Morgan fingerprint density at radius 3 is 2.54 bits per heavy atom. The number of nitriles is 1. The van der Waals surface area contributed by atoms with E-state index in [0.717, 1.165) is 24.1 Å². The average molecular weight is 400 g/mol. The number of benzene rings is 2. The van der Waals surface area contributed by atoms with Gasteiger partial charge in [-0.3, -0.25) is 0 Å². The maximum atomic E-state index is 13.3. The Morgan fingerprint density at radius 1 is 1.18 bits per heavy atom. The van der Waals surface area contributed by atoms with Gasteiger partial charge in [-0.15, -0.1) is 0 Å². The molecular weight excluding hydrogens is 374 g/mol. The fourth-order valence-electron chi connectivity index (χ4n) is 3.24. The van der Waals surface area contributed by atoms with Crippen molar-refractivity contribution in [3.05, 3.63) is 59.7 Å². The molecule has 148 valence electrons. The molecule has 2 aromatic rings. The third kappa shape index (κ3) is 4.71. The van der Waals surface area contributed by atoms with Gasteiger partial charge in [0.2, 0.25) is 10.0 Å². The maximum absolute atomic E-state index is 13.3. The molecule has 7 heteroatoms. The Balaban J connectivity index is 1.90. The van der Waals surface area contributed by atoms with E-state index in [0.29, 0.717) is 18.7 Å². The zero-order chi connectivity index (χ0) is 20.1. The number of hydrogen-bond donors (Lipinski definition) is 0. The van der Waals surface area contributed by atoms with E-state index in [1.807, 2.05) is 49.3 Å². The summed E-state index contributed by atoms with van der Waals surface area (Å²) in [4.78, 5) is 2.13. The van der Waals surface area contributed by atoms with E-state index >= 15 is 0 Å². The van der Waals surface area contributed by atoms with E-state index < -0.39 is 10.0 Å². The Bertz CT molecular complexity index is 944. The summed E-state index contributed by atoms with van der Waals surface area (Å²) in [6.07, 6.45) is 1.69. The van der Waals surface area contributed by atoms with Crippen molar-refractivity contribution in [3.63, 3.8) is 0 Å². The molecule has 6 nitrogen and oxygen atoms in total. The van der Waals surface area contributed by atoms with Crippen LogP contribution in [0.2, 0.25) is 0 Å². The van der Waals surface area contributed by atoms with Gasteiger partial charge in [-0.2, -0.15) is 9.57 Å². The van der Waals surface area contributed by atoms with E-state index in [1.165, 1.54) is 16.4 Å². The molecule has 1 aliphatic rings. The van der Waals surface area contributed by atoms with Crippen LogP contribution in [0, 0.1) is 11.3 Å². The number of anilines is 1. The van der Waals surface area contributed by atoms with Crippen molar-refractivity contribution in [2.24, 2.45) is 0 Å². The predicted octanol–water partition coefficient (Wildman–Crippen LogP) is 2.99. The monoisotopic (exact) mass is 399 g/mol. The second-order valence-electron chi connectivity index (χ2n) is 7.13. The first kappa shape index (κ1) is 20.3. The Hall–Kier alpha value is -2.40. The Labute approximate surface area is 167 Å². The molecular formula is C21H25N3O3S. The summed E-state index contributed by atoms with van der Waals surface area (Å²) in [5.41, 5.74) is 2.29. The fraction of sp³-hybridized carbons (Fsp3) is 0.381. The highest BCUT2D eigenvalue weighted by Crippen LogP contribution is 2.23. The van der Waals surface area contributed by atoms with Crippen molar-refractivity contribution >= 4 is 15.7 Å². The summed E-state index contributed by atoms with van der Waals surface area (Å²) in [7, 11) is 0.173. The van der Waals surface area contributed by atoms with Gasteiger partial charge in [0.15, 0.2) is 0 Å². The number of ether oxygens (including phenoxy) is 1. The average Bonchev–Trinajstić information content (AvgIpc) is 3.21. The molecule has 0 bridgehead atoms. The van der Waals surface area contributed by atoms with Crippen LogP contribution in [0.4, 0.5) is 5.69 Å². The highest BCUT2D eigenvalue weighted by molar-refractivity contribution is 7.89. The van der Waals surface area contributed by atoms with Crippen LogP contribution in [0.25, 0.3) is 0 Å². The van der Waals surface area contributed by atoms with E-state index in [4.69, 9.17) is 10.00 Å². The molecule has 0 aliphatic carbocycles. The van der Waals surface area contributed by atoms with Gasteiger partial charge >= 0.3 is 0 Å². The van der Waals surface area contributed by atoms with Gasteiger partial charge < -0.3 is 9.64 Å². The van der Waals surface area contributed by atoms with Crippen LogP contribution in [-0.2, 0) is 21.3 Å². The van der Waals surface area contributed by atoms with Crippen molar-refractivity contribution in [3.8, 4) is 6.07 Å². The largest absolute Gasteiger partial charge is 0.378 e. The molecule has 1 heterocycles. The topological polar surface area (TPSA) is 73.6 Å². The normalized spacial score (nSPS) is 16.9. The second-order valence-corrected chi connectivity index (χ2v) is 9.07. The van der Waals surface area contributed by atoms with Crippen LogP contribution in [0.1, 0.15) is 24.0 Å². The highest BCUT2D eigenvalue weighted by Gasteiger charge is 2.29. The van der Waals surface area contributed by atoms with E-state index in [9.17, 15) is 8.42 Å². The van der Waals surface area contributed by atoms with Crippen molar-refractivity contribution in [2.75, 3.05) is 32.1 Å². The van der Waals surface area contributed by atoms with Gasteiger partial charge in [-0.1, -0.05) is 18.2 Å². The molecule has 0 spiro atoms. The summed E-state index contributed by atoms with van der Waals surface area (Å²) in [6, 6.07) is 16.0. The Morgan fingerprint density at radius 2 is 1.93 bits per heavy atom. The minimum absolute atomic E-state index is 0.102. The van der Waals surface area contributed by atoms with E-state index in [2.05, 4.69) is 0 Å². The predicted molar refractivity (Wildman–Crippen MR) is 108 cm³/mol. The first-order chi connectivity index (χ1) is 13.4. The van der Waals surface area contributed by atoms with Gasteiger partial charge in [0.1, 0.15) is 0 Å². The van der Waals surface area contributed by atoms with Gasteiger partial charge in [-0.25, -0.2) is 8.42 Å². The summed E-state index contributed by atoms with van der Waals surface area (Å²) >= 11 is 0. The van der Waals surface area contributed by atoms with Crippen LogP contribution in [0.15, 0.2) is 53.4 Å². The SMILES string of the molecule is CN(C)c1ccc(CN(C[C@H]2CCCO2)S(=O)(=O)c2cccc(C#N)c2)cc1. The maximum Gasteiger partial charge on any atom is 0.243 e. The highest BCUT2D eigenvalue weighted by atomic mass is 32.2. The van der Waals surface area contributed by atoms with Crippen LogP contribution < -0.4 is 4.90 Å². The minimum atomic E-state index is -3.75. The van der Waals surface area contributed by atoms with Crippen LogP contribution in [-0.4, -0.2) is 46.1 Å². The summed E-state index contributed by atoms with van der Waals surface area (Å²) in [5.74, 6) is 0. The minimum Gasteiger partial charge on any atom is -0.378 e. The molecule has 28 heavy (non-hydrogen) atoms. The zero-order valence-electron chi connectivity index (χ0n) is 16.2. The van der Waals surface area contributed by atoms with Crippen LogP contribution in [0.3, 0.4) is 0 Å². The first-order valence-corrected chi connectivity index (χ1v) is 10.7. The third-order valence-corrected chi connectivity index (χ3v) is 6.65. The van der Waals surface area contributed by atoms with Crippen molar-refractivity contribution in [2.45, 2.75) is 30.4 Å². The van der Waals surface area contributed by atoms with Crippen molar-refractivity contribution in [1.29, 1.82) is 5.26 Å². The molecule has 0 N–H and O–H groups in total. The molecule has 0 unspecified atom stereocenters. The van der Waals surface area contributed by atoms with Crippen molar-refractivity contribution < 1.29 is 13.2 Å². The molecule has 0 saturated carbocycles. The molecule has 2 aromatic carbocycles. The van der Waals surface area contributed by atoms with E-state index in [1.54, 1.807) is 12.1 Å². The van der Waals surface area contributed by atoms with Gasteiger partial charge in [0.05, 0.1) is 22.6 Å². The summed E-state index contributed by atoms with van der Waals surface area (Å²) < 4.78 is 33.8. The lowest BCUT2D eigenvalue weighted by Gasteiger charge is -2.25. The zero-order valence-corrected chi connectivity index (χ0v) is 17.0. The quantitative estimate of drug-likeness (QED) is 0.716. The summed E-state index contributed by atoms with van der Waals surface area (Å²) in [5, 5.41) is 9.12. The third-order valence-electron chi connectivity index (χ3n) is 4.84. The molecule has 0 radical (unpaired) electrons. The van der Waals surface area contributed by atoms with Gasteiger partial charge in [0, 0.05) is 39.5 Å². The lowest BCUT2D eigenvalue weighted by Crippen LogP contribution is -2.37. The molecule has 1 fully saturated rings. The van der Waals surface area contributed by atoms with Crippen molar-refractivity contribution in [1.82, 2.24) is 4.31 Å². The van der Waals surface area contributed by atoms with Crippen LogP contribution in [0.5, 0.6) is 0 Å².